The highest BCUT2D eigenvalue weighted by Crippen LogP contribution is 2.18. The van der Waals surface area contributed by atoms with E-state index in [-0.39, 0.29) is 10.8 Å². The molecule has 0 aromatic heterocycles. The first-order chi connectivity index (χ1) is 13.0. The van der Waals surface area contributed by atoms with Gasteiger partial charge in [0, 0.05) is 31.4 Å². The molecule has 0 aliphatic carbocycles. The summed E-state index contributed by atoms with van der Waals surface area (Å²) in [5, 5.41) is 4.31. The van der Waals surface area contributed by atoms with E-state index < -0.39 is 33.7 Å². The lowest BCUT2D eigenvalue weighted by Gasteiger charge is -2.18. The Hall–Kier alpha value is -2.36. The molecule has 0 fully saturated rings. The molecular weight excluding hydrogens is 388 g/mol. The van der Waals surface area contributed by atoms with E-state index in [1.165, 1.54) is 44.4 Å². The van der Waals surface area contributed by atoms with Gasteiger partial charge in [0.2, 0.25) is 10.0 Å². The van der Waals surface area contributed by atoms with Crippen molar-refractivity contribution >= 4 is 21.6 Å². The summed E-state index contributed by atoms with van der Waals surface area (Å²) in [4.78, 5) is 12.5. The van der Waals surface area contributed by atoms with Crippen LogP contribution in [-0.2, 0) is 14.8 Å². The van der Waals surface area contributed by atoms with E-state index in [4.69, 9.17) is 0 Å². The van der Waals surface area contributed by atoms with Crippen molar-refractivity contribution < 1.29 is 27.3 Å². The number of hydrogen-bond donors (Lipinski definition) is 2. The monoisotopic (exact) mass is 412 g/mol. The summed E-state index contributed by atoms with van der Waals surface area (Å²) in [5.74, 6) is -1.70. The summed E-state index contributed by atoms with van der Waals surface area (Å²) in [6, 6.07) is 8.27. The molecule has 3 N–H and O–H groups in total. The number of nitrogens with zero attached hydrogens (tertiary/aromatic N) is 1. The van der Waals surface area contributed by atoms with Crippen LogP contribution in [0.5, 0.6) is 0 Å². The predicted molar refractivity (Wildman–Crippen MR) is 102 cm³/mol. The van der Waals surface area contributed by atoms with Crippen LogP contribution in [-0.4, -0.2) is 38.8 Å². The number of amides is 1. The number of halogens is 2. The van der Waals surface area contributed by atoms with Gasteiger partial charge in [0.05, 0.1) is 4.90 Å². The van der Waals surface area contributed by atoms with Crippen LogP contribution in [0.2, 0.25) is 0 Å². The van der Waals surface area contributed by atoms with Crippen LogP contribution in [0.3, 0.4) is 0 Å². The number of carbonyl (C=O) groups excluding carboxylic acids is 1. The number of sulfonamides is 1. The third-order valence-electron chi connectivity index (χ3n) is 4.32. The van der Waals surface area contributed by atoms with Crippen molar-refractivity contribution in [3.05, 3.63) is 59.7 Å². The Bertz CT molecular complexity index is 965. The van der Waals surface area contributed by atoms with Crippen LogP contribution >= 0.6 is 0 Å². The maximum Gasteiger partial charge on any atom is 0.282 e. The first-order valence-electron chi connectivity index (χ1n) is 8.65. The zero-order valence-electron chi connectivity index (χ0n) is 16.1. The Balaban J connectivity index is 2.08. The van der Waals surface area contributed by atoms with Crippen LogP contribution in [0.15, 0.2) is 47.4 Å². The van der Waals surface area contributed by atoms with Gasteiger partial charge in [-0.3, -0.25) is 4.79 Å². The average Bonchev–Trinajstić information content (AvgIpc) is 2.61. The van der Waals surface area contributed by atoms with E-state index in [0.717, 1.165) is 10.4 Å². The van der Waals surface area contributed by atoms with E-state index in [1.807, 2.05) is 0 Å². The van der Waals surface area contributed by atoms with Crippen LogP contribution in [0.25, 0.3) is 0 Å². The highest BCUT2D eigenvalue weighted by Gasteiger charge is 2.23. The second kappa shape index (κ2) is 8.76. The van der Waals surface area contributed by atoms with Crippen LogP contribution in [0.4, 0.5) is 14.5 Å². The number of carbonyl (C=O) groups is 1. The molecule has 2 rings (SSSR count). The Morgan fingerprint density at radius 3 is 2.39 bits per heavy atom. The molecule has 6 nitrogen and oxygen atoms in total. The maximum absolute atomic E-state index is 13.9. The van der Waals surface area contributed by atoms with E-state index in [1.54, 1.807) is 25.2 Å². The molecule has 0 saturated heterocycles. The molecule has 2 atom stereocenters. The molecule has 0 saturated carbocycles. The van der Waals surface area contributed by atoms with Crippen molar-refractivity contribution in [3.63, 3.8) is 0 Å². The molecule has 0 aliphatic rings. The SMILES string of the molecule is C[C@H]([NH2+][C@@H](C)c1ccc(F)cc1F)C(=O)Nc1cccc(S(=O)(=O)N(C)C)c1. The normalized spacial score (nSPS) is 14.0. The van der Waals surface area contributed by atoms with E-state index in [9.17, 15) is 22.0 Å². The van der Waals surface area contributed by atoms with E-state index >= 15 is 0 Å². The van der Waals surface area contributed by atoms with Gasteiger partial charge in [-0.25, -0.2) is 21.5 Å². The van der Waals surface area contributed by atoms with Crippen LogP contribution < -0.4 is 10.6 Å². The number of hydrogen-bond acceptors (Lipinski definition) is 3. The molecule has 152 valence electrons. The molecule has 0 heterocycles. The Morgan fingerprint density at radius 1 is 1.11 bits per heavy atom. The lowest BCUT2D eigenvalue weighted by Crippen LogP contribution is -2.91. The standard InChI is InChI=1S/C19H23F2N3O3S/c1-12(17-9-8-14(20)10-18(17)21)22-13(2)19(25)23-15-6-5-7-16(11-15)28(26,27)24(3)4/h5-13,22H,1-4H3,(H,23,25)/p+1/t12-,13-/m0/s1. The number of benzene rings is 2. The zero-order chi connectivity index (χ0) is 21.1. The summed E-state index contributed by atoms with van der Waals surface area (Å²) >= 11 is 0. The molecular formula is C19H24F2N3O3S+. The highest BCUT2D eigenvalue weighted by molar-refractivity contribution is 7.89. The first-order valence-corrected chi connectivity index (χ1v) is 10.1. The van der Waals surface area contributed by atoms with Crippen molar-refractivity contribution in [1.29, 1.82) is 0 Å². The quantitative estimate of drug-likeness (QED) is 0.728. The number of nitrogens with two attached hydrogens (primary N) is 1. The van der Waals surface area contributed by atoms with Crippen molar-refractivity contribution in [3.8, 4) is 0 Å². The molecule has 2 aromatic rings. The third-order valence-corrected chi connectivity index (χ3v) is 6.14. The fraction of sp³-hybridized carbons (Fsp3) is 0.316. The first kappa shape index (κ1) is 21.9. The summed E-state index contributed by atoms with van der Waals surface area (Å²) in [7, 11) is -0.768. The number of nitrogens with one attached hydrogen (secondary N) is 1. The average molecular weight is 412 g/mol. The number of anilines is 1. The Labute approximate surface area is 163 Å². The van der Waals surface area contributed by atoms with E-state index in [0.29, 0.717) is 11.3 Å². The Kier molecular flexibility index (Phi) is 6.87. The van der Waals surface area contributed by atoms with Gasteiger partial charge in [-0.2, -0.15) is 0 Å². The minimum absolute atomic E-state index is 0.0636. The minimum Gasteiger partial charge on any atom is -0.330 e. The summed E-state index contributed by atoms with van der Waals surface area (Å²) in [6.07, 6.45) is 0. The number of quaternary nitrogens is 1. The Morgan fingerprint density at radius 2 is 1.79 bits per heavy atom. The summed E-state index contributed by atoms with van der Waals surface area (Å²) in [6.45, 7) is 3.36. The fourth-order valence-electron chi connectivity index (χ4n) is 2.70. The van der Waals surface area contributed by atoms with Crippen LogP contribution in [0.1, 0.15) is 25.5 Å². The highest BCUT2D eigenvalue weighted by atomic mass is 32.2. The molecule has 2 aromatic carbocycles. The largest absolute Gasteiger partial charge is 0.330 e. The van der Waals surface area contributed by atoms with Gasteiger partial charge in [0.25, 0.3) is 5.91 Å². The van der Waals surface area contributed by atoms with Gasteiger partial charge in [-0.05, 0) is 44.2 Å². The van der Waals surface area contributed by atoms with Gasteiger partial charge < -0.3 is 10.6 Å². The van der Waals surface area contributed by atoms with Gasteiger partial charge in [0.1, 0.15) is 17.7 Å². The lowest BCUT2D eigenvalue weighted by atomic mass is 10.1. The second-order valence-electron chi connectivity index (χ2n) is 6.74. The van der Waals surface area contributed by atoms with Gasteiger partial charge in [-0.1, -0.05) is 6.07 Å². The number of rotatable bonds is 7. The van der Waals surface area contributed by atoms with Crippen LogP contribution in [0, 0.1) is 11.6 Å². The van der Waals surface area contributed by atoms with Gasteiger partial charge >= 0.3 is 0 Å². The second-order valence-corrected chi connectivity index (χ2v) is 8.89. The zero-order valence-corrected chi connectivity index (χ0v) is 16.9. The van der Waals surface area contributed by atoms with Crippen molar-refractivity contribution in [2.45, 2.75) is 30.8 Å². The summed E-state index contributed by atoms with van der Waals surface area (Å²) < 4.78 is 52.4. The molecule has 0 unspecified atom stereocenters. The smallest absolute Gasteiger partial charge is 0.282 e. The molecule has 0 spiro atoms. The van der Waals surface area contributed by atoms with E-state index in [2.05, 4.69) is 5.32 Å². The van der Waals surface area contributed by atoms with Crippen molar-refractivity contribution in [2.24, 2.45) is 0 Å². The van der Waals surface area contributed by atoms with Crippen molar-refractivity contribution in [1.82, 2.24) is 4.31 Å². The summed E-state index contributed by atoms with van der Waals surface area (Å²) in [5.41, 5.74) is 0.633. The molecule has 9 heteroatoms. The predicted octanol–water partition coefficient (Wildman–Crippen LogP) is 1.87. The van der Waals surface area contributed by atoms with Crippen molar-refractivity contribution in [2.75, 3.05) is 19.4 Å². The maximum atomic E-state index is 13.9. The molecule has 28 heavy (non-hydrogen) atoms. The van der Waals surface area contributed by atoms with Gasteiger partial charge in [0.15, 0.2) is 6.04 Å². The molecule has 0 bridgehead atoms. The lowest BCUT2D eigenvalue weighted by molar-refractivity contribution is -0.710. The van der Waals surface area contributed by atoms with Gasteiger partial charge in [-0.15, -0.1) is 0 Å². The topological polar surface area (TPSA) is 83.1 Å². The third kappa shape index (κ3) is 5.12. The molecule has 0 radical (unpaired) electrons. The minimum atomic E-state index is -3.62. The fourth-order valence-corrected chi connectivity index (χ4v) is 3.64. The molecule has 1 amide bonds. The molecule has 0 aliphatic heterocycles.